The van der Waals surface area contributed by atoms with Gasteiger partial charge >= 0.3 is 0 Å². The van der Waals surface area contributed by atoms with E-state index < -0.39 is 0 Å². The molecule has 19 heavy (non-hydrogen) atoms. The zero-order valence-electron chi connectivity index (χ0n) is 10.4. The van der Waals surface area contributed by atoms with Crippen LogP contribution in [0.3, 0.4) is 0 Å². The first-order chi connectivity index (χ1) is 9.15. The van der Waals surface area contributed by atoms with Gasteiger partial charge in [0.2, 0.25) is 5.12 Å². The molecule has 0 aliphatic rings. The lowest BCUT2D eigenvalue weighted by atomic mass is 10.2. The molecule has 2 aromatic carbocycles. The van der Waals surface area contributed by atoms with Crippen molar-refractivity contribution in [2.75, 3.05) is 7.11 Å². The Balaban J connectivity index is 0.000000191. The van der Waals surface area contributed by atoms with Crippen LogP contribution in [-0.2, 0) is 4.74 Å². The van der Waals surface area contributed by atoms with E-state index in [4.69, 9.17) is 17.0 Å². The molecule has 0 amide bonds. The first-order valence-electron chi connectivity index (χ1n) is 5.57. The van der Waals surface area contributed by atoms with Crippen molar-refractivity contribution in [3.8, 4) is 0 Å². The predicted octanol–water partition coefficient (Wildman–Crippen LogP) is 3.77. The Bertz CT molecular complexity index is 524. The standard InChI is InChI=1S/C8H8OS.C7H6OS/c1-9-8(10)7-5-3-2-4-6-7;8-7(9)6-4-2-1-3-5-6/h2-6H,1H3;1-5H,(H,8,9). The van der Waals surface area contributed by atoms with Crippen LogP contribution in [0, 0.1) is 0 Å². The van der Waals surface area contributed by atoms with Gasteiger partial charge in [0.1, 0.15) is 0 Å². The van der Waals surface area contributed by atoms with E-state index in [1.165, 1.54) is 0 Å². The fourth-order valence-electron chi connectivity index (χ4n) is 1.27. The molecule has 0 heterocycles. The van der Waals surface area contributed by atoms with Gasteiger partial charge in [0.25, 0.3) is 0 Å². The first kappa shape index (κ1) is 15.4. The van der Waals surface area contributed by atoms with Crippen LogP contribution in [0.15, 0.2) is 60.7 Å². The van der Waals surface area contributed by atoms with E-state index in [-0.39, 0.29) is 5.12 Å². The van der Waals surface area contributed by atoms with Gasteiger partial charge in [-0.1, -0.05) is 60.7 Å². The van der Waals surface area contributed by atoms with Crippen molar-refractivity contribution in [3.05, 3.63) is 71.8 Å². The molecule has 98 valence electrons. The monoisotopic (exact) mass is 290 g/mol. The van der Waals surface area contributed by atoms with Crippen LogP contribution in [0.2, 0.25) is 0 Å². The zero-order chi connectivity index (χ0) is 14.1. The molecule has 0 bridgehead atoms. The van der Waals surface area contributed by atoms with Crippen molar-refractivity contribution in [2.45, 2.75) is 0 Å². The number of carbonyl (C=O) groups excluding carboxylic acids is 1. The summed E-state index contributed by atoms with van der Waals surface area (Å²) in [5.74, 6) is 0. The van der Waals surface area contributed by atoms with Gasteiger partial charge in [-0.3, -0.25) is 4.79 Å². The van der Waals surface area contributed by atoms with E-state index in [1.54, 1.807) is 19.2 Å². The van der Waals surface area contributed by atoms with Gasteiger partial charge in [0.15, 0.2) is 5.05 Å². The lowest BCUT2D eigenvalue weighted by molar-refractivity contribution is 0.109. The topological polar surface area (TPSA) is 26.3 Å². The third kappa shape index (κ3) is 5.68. The molecule has 2 aromatic rings. The average molecular weight is 290 g/mol. The van der Waals surface area contributed by atoms with Gasteiger partial charge in [-0.15, -0.1) is 12.6 Å². The van der Waals surface area contributed by atoms with Crippen molar-refractivity contribution < 1.29 is 9.53 Å². The van der Waals surface area contributed by atoms with Crippen LogP contribution in [0.5, 0.6) is 0 Å². The van der Waals surface area contributed by atoms with Crippen molar-refractivity contribution >= 4 is 35.0 Å². The maximum absolute atomic E-state index is 10.5. The molecule has 0 saturated heterocycles. The average Bonchev–Trinajstić information content (AvgIpc) is 2.49. The van der Waals surface area contributed by atoms with E-state index in [2.05, 4.69) is 12.6 Å². The minimum atomic E-state index is -0.185. The van der Waals surface area contributed by atoms with Crippen LogP contribution in [0.4, 0.5) is 0 Å². The summed E-state index contributed by atoms with van der Waals surface area (Å²) >= 11 is 8.55. The number of rotatable bonds is 2. The third-order valence-corrected chi connectivity index (χ3v) is 2.88. The molecule has 0 radical (unpaired) electrons. The maximum Gasteiger partial charge on any atom is 0.216 e. The number of thiol groups is 1. The Morgan fingerprint density at radius 1 is 0.947 bits per heavy atom. The fourth-order valence-corrected chi connectivity index (χ4v) is 1.56. The Morgan fingerprint density at radius 2 is 1.37 bits per heavy atom. The Hall–Kier alpha value is -1.65. The maximum atomic E-state index is 10.5. The fraction of sp³-hybridized carbons (Fsp3) is 0.0667. The molecule has 0 fully saturated rings. The molecule has 0 aliphatic heterocycles. The summed E-state index contributed by atoms with van der Waals surface area (Å²) in [6, 6.07) is 18.6. The summed E-state index contributed by atoms with van der Waals surface area (Å²) in [7, 11) is 1.58. The molecule has 0 spiro atoms. The second-order valence-corrected chi connectivity index (χ2v) is 4.31. The highest BCUT2D eigenvalue weighted by molar-refractivity contribution is 7.97. The molecule has 2 nitrogen and oxygen atoms in total. The number of thiocarbonyl (C=S) groups is 1. The quantitative estimate of drug-likeness (QED) is 0.673. The summed E-state index contributed by atoms with van der Waals surface area (Å²) in [6.45, 7) is 0. The van der Waals surface area contributed by atoms with Gasteiger partial charge in [-0.25, -0.2) is 0 Å². The SMILES string of the molecule is COC(=S)c1ccccc1.O=C(S)c1ccccc1. The van der Waals surface area contributed by atoms with Gasteiger partial charge in [0.05, 0.1) is 7.11 Å². The Morgan fingerprint density at radius 3 is 1.68 bits per heavy atom. The minimum Gasteiger partial charge on any atom is -0.486 e. The van der Waals surface area contributed by atoms with E-state index in [1.807, 2.05) is 48.5 Å². The highest BCUT2D eigenvalue weighted by atomic mass is 32.1. The molecule has 2 rings (SSSR count). The Labute approximate surface area is 123 Å². The molecule has 0 aromatic heterocycles. The van der Waals surface area contributed by atoms with E-state index in [0.29, 0.717) is 10.6 Å². The summed E-state index contributed by atoms with van der Waals surface area (Å²) in [4.78, 5) is 10.5. The van der Waals surface area contributed by atoms with E-state index in [9.17, 15) is 4.79 Å². The molecular weight excluding hydrogens is 276 g/mol. The predicted molar refractivity (Wildman–Crippen MR) is 84.9 cm³/mol. The van der Waals surface area contributed by atoms with Crippen molar-refractivity contribution in [1.29, 1.82) is 0 Å². The third-order valence-electron chi connectivity index (χ3n) is 2.22. The molecule has 0 aliphatic carbocycles. The number of ether oxygens (including phenoxy) is 1. The van der Waals surface area contributed by atoms with Crippen LogP contribution in [0.1, 0.15) is 15.9 Å². The molecule has 0 unspecified atom stereocenters. The summed E-state index contributed by atoms with van der Waals surface area (Å²) in [5, 5.41) is 0.358. The van der Waals surface area contributed by atoms with Gasteiger partial charge in [-0.05, 0) is 12.2 Å². The van der Waals surface area contributed by atoms with E-state index in [0.717, 1.165) is 5.56 Å². The minimum absolute atomic E-state index is 0.185. The van der Waals surface area contributed by atoms with Crippen molar-refractivity contribution in [1.82, 2.24) is 0 Å². The molecule has 0 saturated carbocycles. The summed E-state index contributed by atoms with van der Waals surface area (Å²) in [6.07, 6.45) is 0. The number of benzene rings is 2. The van der Waals surface area contributed by atoms with Crippen molar-refractivity contribution in [3.63, 3.8) is 0 Å². The lowest BCUT2D eigenvalue weighted by Crippen LogP contribution is -1.97. The molecule has 0 atom stereocenters. The highest BCUT2D eigenvalue weighted by Gasteiger charge is 1.95. The smallest absolute Gasteiger partial charge is 0.216 e. The number of hydrogen-bond donors (Lipinski definition) is 1. The summed E-state index contributed by atoms with van der Waals surface area (Å²) in [5.41, 5.74) is 1.60. The summed E-state index contributed by atoms with van der Waals surface area (Å²) < 4.78 is 4.87. The highest BCUT2D eigenvalue weighted by Crippen LogP contribution is 2.01. The number of hydrogen-bond acceptors (Lipinski definition) is 3. The molecular formula is C15H14O2S2. The molecule has 0 N–H and O–H groups in total. The van der Waals surface area contributed by atoms with Gasteiger partial charge in [-0.2, -0.15) is 0 Å². The number of methoxy groups -OCH3 is 1. The van der Waals surface area contributed by atoms with Gasteiger partial charge < -0.3 is 4.74 Å². The van der Waals surface area contributed by atoms with Crippen LogP contribution < -0.4 is 0 Å². The number of carbonyl (C=O) groups is 1. The van der Waals surface area contributed by atoms with Gasteiger partial charge in [0, 0.05) is 11.1 Å². The van der Waals surface area contributed by atoms with E-state index >= 15 is 0 Å². The second kappa shape index (κ2) is 8.45. The largest absolute Gasteiger partial charge is 0.486 e. The van der Waals surface area contributed by atoms with Crippen LogP contribution in [-0.4, -0.2) is 17.3 Å². The normalized spacial score (nSPS) is 8.95. The Kier molecular flexibility index (Phi) is 6.85. The lowest BCUT2D eigenvalue weighted by Gasteiger charge is -1.99. The van der Waals surface area contributed by atoms with Crippen LogP contribution in [0.25, 0.3) is 0 Å². The zero-order valence-corrected chi connectivity index (χ0v) is 12.2. The van der Waals surface area contributed by atoms with Crippen molar-refractivity contribution in [2.24, 2.45) is 0 Å². The first-order valence-corrected chi connectivity index (χ1v) is 6.42. The molecule has 4 heteroatoms. The van der Waals surface area contributed by atoms with Crippen LogP contribution >= 0.6 is 24.8 Å². The second-order valence-electron chi connectivity index (χ2n) is 3.53.